The number of benzene rings is 2. The Hall–Kier alpha value is -3.00. The highest BCUT2D eigenvalue weighted by Crippen LogP contribution is 2.34. The number of sulfone groups is 1. The second-order valence-corrected chi connectivity index (χ2v) is 9.82. The predicted octanol–water partition coefficient (Wildman–Crippen LogP) is 3.38. The quantitative estimate of drug-likeness (QED) is 0.663. The maximum atomic E-state index is 12.8. The molecule has 0 saturated heterocycles. The summed E-state index contributed by atoms with van der Waals surface area (Å²) in [5.74, 6) is -0.811. The number of fused-ring (bicyclic) bond motifs is 1. The highest BCUT2D eigenvalue weighted by atomic mass is 32.2. The molecule has 0 spiro atoms. The van der Waals surface area contributed by atoms with E-state index in [1.165, 1.54) is 13.0 Å². The fourth-order valence-electron chi connectivity index (χ4n) is 3.71. The van der Waals surface area contributed by atoms with E-state index in [-0.39, 0.29) is 34.8 Å². The third-order valence-corrected chi connectivity index (χ3v) is 7.08. The van der Waals surface area contributed by atoms with E-state index in [2.05, 4.69) is 5.32 Å². The summed E-state index contributed by atoms with van der Waals surface area (Å²) in [5.41, 5.74) is 2.61. The Labute approximate surface area is 182 Å². The van der Waals surface area contributed by atoms with E-state index in [0.29, 0.717) is 24.1 Å². The van der Waals surface area contributed by atoms with Gasteiger partial charge in [-0.3, -0.25) is 14.4 Å². The van der Waals surface area contributed by atoms with Crippen molar-refractivity contribution in [3.05, 3.63) is 53.6 Å². The average Bonchev–Trinajstić information content (AvgIpc) is 3.07. The molecule has 2 aromatic carbocycles. The lowest BCUT2D eigenvalue weighted by atomic mass is 10.1. The molecule has 0 aromatic heterocycles. The number of nitrogens with one attached hydrogen (secondary N) is 1. The average molecular weight is 443 g/mol. The van der Waals surface area contributed by atoms with Crippen molar-refractivity contribution in [3.8, 4) is 0 Å². The lowest BCUT2D eigenvalue weighted by Crippen LogP contribution is -2.35. The molecule has 8 heteroatoms. The van der Waals surface area contributed by atoms with Crippen LogP contribution in [-0.4, -0.2) is 37.8 Å². The van der Waals surface area contributed by atoms with Crippen molar-refractivity contribution in [1.29, 1.82) is 0 Å². The van der Waals surface area contributed by atoms with Crippen molar-refractivity contribution in [2.45, 2.75) is 51.0 Å². The molecule has 0 fully saturated rings. The van der Waals surface area contributed by atoms with Crippen molar-refractivity contribution < 1.29 is 22.8 Å². The molecule has 1 atom stereocenters. The Bertz CT molecular complexity index is 1120. The van der Waals surface area contributed by atoms with Crippen LogP contribution in [0.4, 0.5) is 11.4 Å². The fraction of sp³-hybridized carbons (Fsp3) is 0.348. The molecule has 1 heterocycles. The molecule has 0 unspecified atom stereocenters. The van der Waals surface area contributed by atoms with Gasteiger partial charge >= 0.3 is 0 Å². The van der Waals surface area contributed by atoms with Crippen LogP contribution in [0.2, 0.25) is 0 Å². The lowest BCUT2D eigenvalue weighted by molar-refractivity contribution is -0.118. The van der Waals surface area contributed by atoms with Crippen molar-refractivity contribution in [2.75, 3.05) is 16.0 Å². The molecule has 31 heavy (non-hydrogen) atoms. The Morgan fingerprint density at radius 2 is 1.77 bits per heavy atom. The summed E-state index contributed by atoms with van der Waals surface area (Å²) >= 11 is 0. The number of amides is 2. The standard InChI is InChI=1S/C23H26N2O5S/c1-4-23(28)25-15(2)13-18-14-20(9-10-21(18)25)31(29,30)12-11-22(27)24-19-7-5-17(6-8-19)16(3)26/h5-10,14-15H,4,11-13H2,1-3H3,(H,24,27)/t15-/m1/s1. The van der Waals surface area contributed by atoms with Crippen LogP contribution in [0.1, 0.15) is 49.5 Å². The summed E-state index contributed by atoms with van der Waals surface area (Å²) in [6.07, 6.45) is 0.794. The number of hydrogen-bond donors (Lipinski definition) is 1. The van der Waals surface area contributed by atoms with Crippen LogP contribution in [0.5, 0.6) is 0 Å². The number of carbonyl (C=O) groups excluding carboxylic acids is 3. The van der Waals surface area contributed by atoms with Crippen LogP contribution >= 0.6 is 0 Å². The van der Waals surface area contributed by atoms with E-state index in [0.717, 1.165) is 11.3 Å². The fourth-order valence-corrected chi connectivity index (χ4v) is 5.00. The van der Waals surface area contributed by atoms with Gasteiger partial charge in [0, 0.05) is 35.8 Å². The van der Waals surface area contributed by atoms with Crippen LogP contribution < -0.4 is 10.2 Å². The number of carbonyl (C=O) groups is 3. The third kappa shape index (κ3) is 5.02. The van der Waals surface area contributed by atoms with Gasteiger partial charge in [-0.15, -0.1) is 0 Å². The molecule has 1 N–H and O–H groups in total. The lowest BCUT2D eigenvalue weighted by Gasteiger charge is -2.22. The molecular formula is C23H26N2O5S. The van der Waals surface area contributed by atoms with E-state index in [9.17, 15) is 22.8 Å². The van der Waals surface area contributed by atoms with Crippen LogP contribution in [0.25, 0.3) is 0 Å². The second-order valence-electron chi connectivity index (χ2n) is 7.71. The number of anilines is 2. The van der Waals surface area contributed by atoms with Crippen molar-refractivity contribution in [3.63, 3.8) is 0 Å². The van der Waals surface area contributed by atoms with Gasteiger partial charge in [-0.1, -0.05) is 6.92 Å². The van der Waals surface area contributed by atoms with E-state index in [1.807, 2.05) is 6.92 Å². The molecule has 3 rings (SSSR count). The minimum atomic E-state index is -3.66. The Morgan fingerprint density at radius 3 is 2.39 bits per heavy atom. The van der Waals surface area contributed by atoms with Crippen molar-refractivity contribution >= 4 is 38.8 Å². The van der Waals surface area contributed by atoms with Crippen LogP contribution in [0, 0.1) is 0 Å². The number of hydrogen-bond acceptors (Lipinski definition) is 5. The van der Waals surface area contributed by atoms with Gasteiger partial charge < -0.3 is 10.2 Å². The zero-order valence-electron chi connectivity index (χ0n) is 17.8. The molecule has 1 aliphatic heterocycles. The Kier molecular flexibility index (Phi) is 6.59. The Morgan fingerprint density at radius 1 is 1.10 bits per heavy atom. The van der Waals surface area contributed by atoms with Gasteiger partial charge in [0.15, 0.2) is 15.6 Å². The molecule has 0 bridgehead atoms. The highest BCUT2D eigenvalue weighted by Gasteiger charge is 2.31. The van der Waals surface area contributed by atoms with E-state index in [4.69, 9.17) is 0 Å². The minimum absolute atomic E-state index is 0.00913. The predicted molar refractivity (Wildman–Crippen MR) is 119 cm³/mol. The summed E-state index contributed by atoms with van der Waals surface area (Å²) in [6.45, 7) is 5.20. The minimum Gasteiger partial charge on any atom is -0.326 e. The van der Waals surface area contributed by atoms with Gasteiger partial charge in [0.25, 0.3) is 0 Å². The number of Topliss-reactive ketones (excluding diaryl/α,β-unsaturated/α-hetero) is 1. The first-order valence-corrected chi connectivity index (χ1v) is 11.9. The normalized spacial score (nSPS) is 15.5. The second kappa shape index (κ2) is 9.01. The largest absolute Gasteiger partial charge is 0.326 e. The van der Waals surface area contributed by atoms with Gasteiger partial charge in [-0.25, -0.2) is 8.42 Å². The molecular weight excluding hydrogens is 416 g/mol. The van der Waals surface area contributed by atoms with Gasteiger partial charge in [-0.2, -0.15) is 0 Å². The SMILES string of the molecule is CCC(=O)N1c2ccc(S(=O)(=O)CCC(=O)Nc3ccc(C(C)=O)cc3)cc2C[C@H]1C. The summed E-state index contributed by atoms with van der Waals surface area (Å²) in [6, 6.07) is 11.2. The van der Waals surface area contributed by atoms with E-state index < -0.39 is 15.7 Å². The number of ketones is 1. The van der Waals surface area contributed by atoms with Crippen LogP contribution in [0.15, 0.2) is 47.4 Å². The van der Waals surface area contributed by atoms with Gasteiger partial charge in [0.2, 0.25) is 11.8 Å². The van der Waals surface area contributed by atoms with Gasteiger partial charge in [-0.05, 0) is 68.3 Å². The number of rotatable bonds is 7. The first-order valence-electron chi connectivity index (χ1n) is 10.2. The maximum Gasteiger partial charge on any atom is 0.226 e. The first kappa shape index (κ1) is 22.7. The highest BCUT2D eigenvalue weighted by molar-refractivity contribution is 7.91. The maximum absolute atomic E-state index is 12.8. The summed E-state index contributed by atoms with van der Waals surface area (Å²) < 4.78 is 25.5. The van der Waals surface area contributed by atoms with E-state index >= 15 is 0 Å². The summed E-state index contributed by atoms with van der Waals surface area (Å²) in [4.78, 5) is 37.6. The smallest absolute Gasteiger partial charge is 0.226 e. The monoisotopic (exact) mass is 442 g/mol. The third-order valence-electron chi connectivity index (χ3n) is 5.37. The van der Waals surface area contributed by atoms with Gasteiger partial charge in [0.05, 0.1) is 10.6 Å². The van der Waals surface area contributed by atoms with Crippen LogP contribution in [0.3, 0.4) is 0 Å². The van der Waals surface area contributed by atoms with Crippen molar-refractivity contribution in [2.24, 2.45) is 0 Å². The van der Waals surface area contributed by atoms with Crippen molar-refractivity contribution in [1.82, 2.24) is 0 Å². The molecule has 0 radical (unpaired) electrons. The molecule has 1 aliphatic rings. The summed E-state index contributed by atoms with van der Waals surface area (Å²) in [5, 5.41) is 2.65. The molecule has 7 nitrogen and oxygen atoms in total. The molecule has 2 amide bonds. The molecule has 0 saturated carbocycles. The molecule has 0 aliphatic carbocycles. The zero-order valence-corrected chi connectivity index (χ0v) is 18.7. The number of nitrogens with zero attached hydrogens (tertiary/aromatic N) is 1. The van der Waals surface area contributed by atoms with Crippen LogP contribution in [-0.2, 0) is 25.8 Å². The Balaban J connectivity index is 1.66. The van der Waals surface area contributed by atoms with Gasteiger partial charge in [0.1, 0.15) is 0 Å². The topological polar surface area (TPSA) is 101 Å². The molecule has 164 valence electrons. The summed E-state index contributed by atoms with van der Waals surface area (Å²) in [7, 11) is -3.66. The zero-order chi connectivity index (χ0) is 22.8. The molecule has 2 aromatic rings. The first-order chi connectivity index (χ1) is 14.6. The van der Waals surface area contributed by atoms with E-state index in [1.54, 1.807) is 48.2 Å².